The molecule has 2 aromatic carbocycles. The molecule has 1 fully saturated rings. The van der Waals surface area contributed by atoms with E-state index in [9.17, 15) is 13.6 Å². The molecular formula is C27H28F2N6O. The van der Waals surface area contributed by atoms with Gasteiger partial charge in [-0.3, -0.25) is 9.69 Å². The molecule has 4 aromatic rings. The highest BCUT2D eigenvalue weighted by molar-refractivity contribution is 5.88. The maximum atomic E-state index is 14.9. The zero-order valence-corrected chi connectivity index (χ0v) is 20.6. The normalized spacial score (nSPS) is 18.7. The Bertz CT molecular complexity index is 1510. The van der Waals surface area contributed by atoms with Gasteiger partial charge in [0.25, 0.3) is 5.56 Å². The Balaban J connectivity index is 1.53. The number of nitrogens with two attached hydrogens (primary N) is 1. The molecule has 0 bridgehead atoms. The summed E-state index contributed by atoms with van der Waals surface area (Å²) in [4.78, 5) is 27.5. The number of H-pyrrole nitrogens is 1. The van der Waals surface area contributed by atoms with E-state index >= 15 is 0 Å². The lowest BCUT2D eigenvalue weighted by Crippen LogP contribution is -2.55. The van der Waals surface area contributed by atoms with E-state index in [2.05, 4.69) is 45.6 Å². The Labute approximate surface area is 207 Å². The van der Waals surface area contributed by atoms with Gasteiger partial charge in [0, 0.05) is 42.0 Å². The monoisotopic (exact) mass is 490 g/mol. The summed E-state index contributed by atoms with van der Waals surface area (Å²) in [6.45, 7) is 7.84. The smallest absolute Gasteiger partial charge is 0.261 e. The van der Waals surface area contributed by atoms with Crippen LogP contribution in [0.4, 0.5) is 20.3 Å². The van der Waals surface area contributed by atoms with Crippen molar-refractivity contribution in [2.24, 2.45) is 0 Å². The zero-order chi connectivity index (χ0) is 25.7. The predicted octanol–water partition coefficient (Wildman–Crippen LogP) is 4.35. The highest BCUT2D eigenvalue weighted by atomic mass is 19.1. The van der Waals surface area contributed by atoms with Gasteiger partial charge in [-0.15, -0.1) is 0 Å². The molecule has 3 N–H and O–H groups in total. The van der Waals surface area contributed by atoms with Gasteiger partial charge >= 0.3 is 0 Å². The molecule has 0 aliphatic carbocycles. The van der Waals surface area contributed by atoms with Gasteiger partial charge in [-0.25, -0.2) is 14.4 Å². The first-order valence-electron chi connectivity index (χ1n) is 11.9. The van der Waals surface area contributed by atoms with Crippen molar-refractivity contribution in [2.45, 2.75) is 32.9 Å². The fourth-order valence-electron chi connectivity index (χ4n) is 4.90. The number of rotatable bonds is 3. The number of likely N-dealkylation sites (N-methyl/N-ethyl adjacent to an activating group) is 1. The number of halogens is 2. The maximum absolute atomic E-state index is 14.9. The number of benzene rings is 2. The number of aromatic nitrogens is 3. The largest absolute Gasteiger partial charge is 0.383 e. The lowest BCUT2D eigenvalue weighted by Gasteiger charge is -2.43. The van der Waals surface area contributed by atoms with E-state index in [1.54, 1.807) is 19.1 Å². The van der Waals surface area contributed by atoms with Crippen LogP contribution in [-0.2, 0) is 0 Å². The minimum absolute atomic E-state index is 0.0754. The molecule has 2 atom stereocenters. The lowest BCUT2D eigenvalue weighted by molar-refractivity contribution is 0.170. The van der Waals surface area contributed by atoms with E-state index in [0.29, 0.717) is 34.6 Å². The molecule has 1 saturated heterocycles. The molecule has 0 radical (unpaired) electrons. The van der Waals surface area contributed by atoms with Crippen LogP contribution in [0.5, 0.6) is 0 Å². The average Bonchev–Trinajstić information content (AvgIpc) is 2.81. The summed E-state index contributed by atoms with van der Waals surface area (Å²) in [6, 6.07) is 12.8. The second-order valence-corrected chi connectivity index (χ2v) is 9.58. The van der Waals surface area contributed by atoms with Crippen LogP contribution in [-0.4, -0.2) is 52.1 Å². The molecule has 0 amide bonds. The number of pyridine rings is 1. The number of aromatic amines is 1. The van der Waals surface area contributed by atoms with E-state index in [1.165, 1.54) is 6.07 Å². The Kier molecular flexibility index (Phi) is 5.96. The van der Waals surface area contributed by atoms with E-state index in [-0.39, 0.29) is 22.3 Å². The van der Waals surface area contributed by atoms with Gasteiger partial charge in [-0.2, -0.15) is 4.39 Å². The average molecular weight is 491 g/mol. The number of nitrogens with one attached hydrogen (secondary N) is 1. The Hall–Kier alpha value is -3.85. The van der Waals surface area contributed by atoms with Crippen LogP contribution in [0.2, 0.25) is 0 Å². The van der Waals surface area contributed by atoms with Crippen LogP contribution < -0.4 is 16.2 Å². The zero-order valence-electron chi connectivity index (χ0n) is 20.6. The van der Waals surface area contributed by atoms with Gasteiger partial charge in [0.1, 0.15) is 22.8 Å². The van der Waals surface area contributed by atoms with Crippen LogP contribution >= 0.6 is 0 Å². The molecule has 0 spiro atoms. The van der Waals surface area contributed by atoms with Gasteiger partial charge in [0.2, 0.25) is 5.95 Å². The molecule has 0 unspecified atom stereocenters. The summed E-state index contributed by atoms with van der Waals surface area (Å²) >= 11 is 0. The summed E-state index contributed by atoms with van der Waals surface area (Å²) in [6.07, 6.45) is 0. The molecule has 36 heavy (non-hydrogen) atoms. The topological polar surface area (TPSA) is 91.1 Å². The van der Waals surface area contributed by atoms with Crippen LogP contribution in [0.3, 0.4) is 0 Å². The van der Waals surface area contributed by atoms with Crippen molar-refractivity contribution in [1.82, 2.24) is 19.9 Å². The Morgan fingerprint density at radius 1 is 0.972 bits per heavy atom. The highest BCUT2D eigenvalue weighted by Gasteiger charge is 2.26. The van der Waals surface area contributed by atoms with Crippen molar-refractivity contribution in [3.63, 3.8) is 0 Å². The van der Waals surface area contributed by atoms with Crippen molar-refractivity contribution in [3.05, 3.63) is 70.4 Å². The number of nitrogen functional groups attached to an aromatic ring is 1. The first-order valence-corrected chi connectivity index (χ1v) is 11.9. The van der Waals surface area contributed by atoms with E-state index in [0.717, 1.165) is 18.8 Å². The van der Waals surface area contributed by atoms with Gasteiger partial charge in [0.05, 0.1) is 5.52 Å². The number of piperazine rings is 1. The van der Waals surface area contributed by atoms with Gasteiger partial charge < -0.3 is 15.6 Å². The van der Waals surface area contributed by atoms with E-state index < -0.39 is 17.3 Å². The number of hydrogen-bond acceptors (Lipinski definition) is 6. The van der Waals surface area contributed by atoms with E-state index in [4.69, 9.17) is 5.73 Å². The van der Waals surface area contributed by atoms with Crippen LogP contribution in [0.15, 0.2) is 47.3 Å². The summed E-state index contributed by atoms with van der Waals surface area (Å²) in [5, 5.41) is -0.138. The third kappa shape index (κ3) is 4.19. The molecule has 7 nitrogen and oxygen atoms in total. The molecular weight excluding hydrogens is 462 g/mol. The fraction of sp³-hybridized carbons (Fsp3) is 0.296. The number of fused-ring (bicyclic) bond motifs is 1. The predicted molar refractivity (Wildman–Crippen MR) is 139 cm³/mol. The molecule has 5 rings (SSSR count). The minimum Gasteiger partial charge on any atom is -0.383 e. The van der Waals surface area contributed by atoms with Crippen molar-refractivity contribution >= 4 is 22.4 Å². The summed E-state index contributed by atoms with van der Waals surface area (Å²) in [5.74, 6) is -1.16. The van der Waals surface area contributed by atoms with Gasteiger partial charge in [-0.05, 0) is 69.3 Å². The highest BCUT2D eigenvalue weighted by Crippen LogP contribution is 2.34. The SMILES string of the molecule is Cc1nc2cc(-c3cc(-c4ccc(N5C[C@@H](C)N(C)[C@@H](C)C5)cc4)c(F)nc3N)cc(F)c2c(=O)[nH]1. The first-order chi connectivity index (χ1) is 17.1. The van der Waals surface area contributed by atoms with Gasteiger partial charge in [0.15, 0.2) is 0 Å². The second kappa shape index (κ2) is 8.98. The molecule has 9 heteroatoms. The molecule has 0 saturated carbocycles. The molecule has 1 aliphatic rings. The fourth-order valence-corrected chi connectivity index (χ4v) is 4.90. The number of nitrogens with zero attached hydrogens (tertiary/aromatic N) is 4. The standard InChI is InChI=1S/C27H28F2N6O/c1-14-12-35(13-15(2)34(14)4)19-7-5-17(6-8-19)20-11-21(26(30)33-25(20)29)18-9-22(28)24-23(10-18)31-16(3)32-27(24)36/h5-11,14-15H,12-13H2,1-4H3,(H2,30,33)(H,31,32,36)/t14-,15+. The van der Waals surface area contributed by atoms with Crippen LogP contribution in [0.1, 0.15) is 19.7 Å². The molecule has 1 aliphatic heterocycles. The summed E-state index contributed by atoms with van der Waals surface area (Å²) in [5.41, 5.74) is 8.34. The lowest BCUT2D eigenvalue weighted by atomic mass is 9.99. The summed E-state index contributed by atoms with van der Waals surface area (Å²) in [7, 11) is 2.14. The van der Waals surface area contributed by atoms with Crippen LogP contribution in [0, 0.1) is 18.7 Å². The number of anilines is 2. The van der Waals surface area contributed by atoms with Crippen molar-refractivity contribution in [1.29, 1.82) is 0 Å². The van der Waals surface area contributed by atoms with Crippen molar-refractivity contribution in [3.8, 4) is 22.3 Å². The molecule has 2 aromatic heterocycles. The van der Waals surface area contributed by atoms with Crippen LogP contribution in [0.25, 0.3) is 33.2 Å². The number of aryl methyl sites for hydroxylation is 1. The van der Waals surface area contributed by atoms with Gasteiger partial charge in [-0.1, -0.05) is 12.1 Å². The second-order valence-electron chi connectivity index (χ2n) is 9.58. The van der Waals surface area contributed by atoms with E-state index in [1.807, 2.05) is 24.3 Å². The van der Waals surface area contributed by atoms with Crippen molar-refractivity contribution in [2.75, 3.05) is 30.8 Å². The molecule has 186 valence electrons. The third-order valence-corrected chi connectivity index (χ3v) is 7.10. The minimum atomic E-state index is -0.735. The Morgan fingerprint density at radius 3 is 2.31 bits per heavy atom. The number of hydrogen-bond donors (Lipinski definition) is 2. The summed E-state index contributed by atoms with van der Waals surface area (Å²) < 4.78 is 29.8. The van der Waals surface area contributed by atoms with Crippen molar-refractivity contribution < 1.29 is 8.78 Å². The third-order valence-electron chi connectivity index (χ3n) is 7.10. The molecule has 3 heterocycles. The maximum Gasteiger partial charge on any atom is 0.261 e. The Morgan fingerprint density at radius 2 is 1.64 bits per heavy atom. The first kappa shape index (κ1) is 23.9. The quantitative estimate of drug-likeness (QED) is 0.415.